The number of benzene rings is 2. The van der Waals surface area contributed by atoms with Gasteiger partial charge in [-0.25, -0.2) is 4.79 Å². The van der Waals surface area contributed by atoms with Crippen molar-refractivity contribution in [3.05, 3.63) is 53.6 Å². The van der Waals surface area contributed by atoms with Gasteiger partial charge in [-0.15, -0.1) is 0 Å². The molecule has 3 rings (SSSR count). The van der Waals surface area contributed by atoms with Gasteiger partial charge < -0.3 is 20.3 Å². The highest BCUT2D eigenvalue weighted by Crippen LogP contribution is 2.37. The van der Waals surface area contributed by atoms with E-state index < -0.39 is 6.10 Å². The van der Waals surface area contributed by atoms with Crippen LogP contribution in [-0.2, 0) is 11.3 Å². The second-order valence-electron chi connectivity index (χ2n) is 8.19. The van der Waals surface area contributed by atoms with Gasteiger partial charge in [0, 0.05) is 17.3 Å². The van der Waals surface area contributed by atoms with Crippen LogP contribution in [0, 0.1) is 6.92 Å². The maximum Gasteiger partial charge on any atom is 0.319 e. The summed E-state index contributed by atoms with van der Waals surface area (Å²) in [5, 5.41) is 5.67. The molecule has 0 radical (unpaired) electrons. The Labute approximate surface area is 165 Å². The van der Waals surface area contributed by atoms with Gasteiger partial charge in [0.2, 0.25) is 0 Å². The summed E-state index contributed by atoms with van der Waals surface area (Å²) >= 11 is 0. The van der Waals surface area contributed by atoms with Crippen LogP contribution >= 0.6 is 0 Å². The molecule has 3 amide bonds. The number of anilines is 2. The van der Waals surface area contributed by atoms with Gasteiger partial charge in [-0.1, -0.05) is 29.8 Å². The van der Waals surface area contributed by atoms with Gasteiger partial charge in [-0.3, -0.25) is 4.79 Å². The minimum Gasteiger partial charge on any atom is -0.479 e. The molecule has 0 bridgehead atoms. The predicted octanol–water partition coefficient (Wildman–Crippen LogP) is 4.23. The fourth-order valence-corrected chi connectivity index (χ4v) is 3.15. The number of carbonyl (C=O) groups excluding carboxylic acids is 2. The molecule has 0 saturated carbocycles. The zero-order chi connectivity index (χ0) is 20.5. The number of ether oxygens (including phenoxy) is 1. The molecule has 1 aliphatic rings. The Hall–Kier alpha value is -3.02. The summed E-state index contributed by atoms with van der Waals surface area (Å²) < 4.78 is 5.80. The molecule has 0 spiro atoms. The minimum atomic E-state index is -0.587. The number of amides is 3. The molecule has 0 fully saturated rings. The lowest BCUT2D eigenvalue weighted by molar-refractivity contribution is -0.125. The molecule has 148 valence electrons. The molecule has 0 saturated heterocycles. The fraction of sp³-hybridized carbons (Fsp3) is 0.364. The highest BCUT2D eigenvalue weighted by atomic mass is 16.5. The van der Waals surface area contributed by atoms with E-state index in [0.29, 0.717) is 23.7 Å². The second kappa shape index (κ2) is 7.54. The Kier molecular flexibility index (Phi) is 5.31. The molecule has 6 heteroatoms. The van der Waals surface area contributed by atoms with Crippen molar-refractivity contribution in [3.8, 4) is 5.75 Å². The SMILES string of the molecule is Cc1cccc(CN2C(=O)C(C)Oc3cc(NC(=O)NC(C)(C)C)ccc32)c1. The number of rotatable bonds is 3. The lowest BCUT2D eigenvalue weighted by atomic mass is 10.1. The van der Waals surface area contributed by atoms with Crippen molar-refractivity contribution in [3.63, 3.8) is 0 Å². The van der Waals surface area contributed by atoms with Crippen LogP contribution in [0.4, 0.5) is 16.2 Å². The zero-order valence-electron chi connectivity index (χ0n) is 17.0. The first kappa shape index (κ1) is 19.7. The monoisotopic (exact) mass is 381 g/mol. The standard InChI is InChI=1S/C22H27N3O3/c1-14-7-6-8-16(11-14)13-25-18-10-9-17(23-21(27)24-22(3,4)5)12-19(18)28-15(2)20(25)26/h6-12,15H,13H2,1-5H3,(H2,23,24,27). The number of urea groups is 1. The van der Waals surface area contributed by atoms with E-state index in [1.54, 1.807) is 24.0 Å². The molecule has 1 atom stereocenters. The van der Waals surface area contributed by atoms with Crippen LogP contribution in [0.2, 0.25) is 0 Å². The number of fused-ring (bicyclic) bond motifs is 1. The number of aryl methyl sites for hydroxylation is 1. The van der Waals surface area contributed by atoms with E-state index in [0.717, 1.165) is 11.1 Å². The van der Waals surface area contributed by atoms with Crippen molar-refractivity contribution < 1.29 is 14.3 Å². The van der Waals surface area contributed by atoms with Gasteiger partial charge >= 0.3 is 6.03 Å². The molecule has 2 aromatic rings. The lowest BCUT2D eigenvalue weighted by Crippen LogP contribution is -2.44. The van der Waals surface area contributed by atoms with Crippen molar-refractivity contribution in [2.75, 3.05) is 10.2 Å². The Balaban J connectivity index is 1.84. The van der Waals surface area contributed by atoms with E-state index >= 15 is 0 Å². The van der Waals surface area contributed by atoms with E-state index in [9.17, 15) is 9.59 Å². The molecule has 2 aromatic carbocycles. The maximum atomic E-state index is 12.7. The summed E-state index contributed by atoms with van der Waals surface area (Å²) in [6, 6.07) is 13.1. The molecule has 0 aliphatic carbocycles. The zero-order valence-corrected chi connectivity index (χ0v) is 17.0. The predicted molar refractivity (Wildman–Crippen MR) is 111 cm³/mol. The number of hydrogen-bond acceptors (Lipinski definition) is 3. The number of hydrogen-bond donors (Lipinski definition) is 2. The van der Waals surface area contributed by atoms with Crippen LogP contribution in [0.15, 0.2) is 42.5 Å². The highest BCUT2D eigenvalue weighted by Gasteiger charge is 2.31. The van der Waals surface area contributed by atoms with Gasteiger partial charge in [-0.05, 0) is 52.3 Å². The minimum absolute atomic E-state index is 0.0832. The summed E-state index contributed by atoms with van der Waals surface area (Å²) in [5.41, 5.74) is 3.18. The highest BCUT2D eigenvalue weighted by molar-refractivity contribution is 6.00. The average molecular weight is 381 g/mol. The van der Waals surface area contributed by atoms with E-state index in [1.807, 2.05) is 52.0 Å². The van der Waals surface area contributed by atoms with Gasteiger partial charge in [0.15, 0.2) is 6.10 Å². The quantitative estimate of drug-likeness (QED) is 0.836. The number of carbonyl (C=O) groups is 2. The van der Waals surface area contributed by atoms with E-state index in [1.165, 1.54) is 0 Å². The van der Waals surface area contributed by atoms with Crippen LogP contribution in [-0.4, -0.2) is 23.6 Å². The summed E-state index contributed by atoms with van der Waals surface area (Å²) in [6.45, 7) is 9.98. The smallest absolute Gasteiger partial charge is 0.319 e. The van der Waals surface area contributed by atoms with Crippen molar-refractivity contribution in [1.29, 1.82) is 0 Å². The topological polar surface area (TPSA) is 70.7 Å². The van der Waals surface area contributed by atoms with Crippen molar-refractivity contribution in [1.82, 2.24) is 5.32 Å². The van der Waals surface area contributed by atoms with Gasteiger partial charge in [0.05, 0.1) is 12.2 Å². The molecule has 1 unspecified atom stereocenters. The van der Waals surface area contributed by atoms with E-state index in [-0.39, 0.29) is 17.5 Å². The number of nitrogens with one attached hydrogen (secondary N) is 2. The van der Waals surface area contributed by atoms with Crippen LogP contribution < -0.4 is 20.3 Å². The normalized spacial score (nSPS) is 16.2. The molecule has 0 aromatic heterocycles. The summed E-state index contributed by atoms with van der Waals surface area (Å²) in [5.74, 6) is 0.494. The van der Waals surface area contributed by atoms with Crippen molar-refractivity contribution in [2.24, 2.45) is 0 Å². The van der Waals surface area contributed by atoms with Crippen LogP contribution in [0.3, 0.4) is 0 Å². The second-order valence-corrected chi connectivity index (χ2v) is 8.19. The van der Waals surface area contributed by atoms with Crippen LogP contribution in [0.1, 0.15) is 38.8 Å². The summed E-state index contributed by atoms with van der Waals surface area (Å²) in [7, 11) is 0. The molecular weight excluding hydrogens is 354 g/mol. The first-order chi connectivity index (χ1) is 13.1. The van der Waals surface area contributed by atoms with Crippen LogP contribution in [0.25, 0.3) is 0 Å². The van der Waals surface area contributed by atoms with E-state index in [2.05, 4.69) is 16.7 Å². The maximum absolute atomic E-state index is 12.7. The molecule has 28 heavy (non-hydrogen) atoms. The fourth-order valence-electron chi connectivity index (χ4n) is 3.15. The Bertz CT molecular complexity index is 902. The summed E-state index contributed by atoms with van der Waals surface area (Å²) in [4.78, 5) is 26.6. The summed E-state index contributed by atoms with van der Waals surface area (Å²) in [6.07, 6.45) is -0.587. The molecule has 1 heterocycles. The van der Waals surface area contributed by atoms with E-state index in [4.69, 9.17) is 4.74 Å². The first-order valence-electron chi connectivity index (χ1n) is 9.39. The van der Waals surface area contributed by atoms with Gasteiger partial charge in [0.25, 0.3) is 5.91 Å². The average Bonchev–Trinajstić information content (AvgIpc) is 2.57. The molecule has 6 nitrogen and oxygen atoms in total. The third-order valence-electron chi connectivity index (χ3n) is 4.34. The Morgan fingerprint density at radius 1 is 1.18 bits per heavy atom. The third kappa shape index (κ3) is 4.63. The Morgan fingerprint density at radius 2 is 1.93 bits per heavy atom. The molecular formula is C22H27N3O3. The van der Waals surface area contributed by atoms with Crippen molar-refractivity contribution >= 4 is 23.3 Å². The largest absolute Gasteiger partial charge is 0.479 e. The Morgan fingerprint density at radius 3 is 2.61 bits per heavy atom. The van der Waals surface area contributed by atoms with Crippen LogP contribution in [0.5, 0.6) is 5.75 Å². The lowest BCUT2D eigenvalue weighted by Gasteiger charge is -2.33. The van der Waals surface area contributed by atoms with Crippen molar-refractivity contribution in [2.45, 2.75) is 52.8 Å². The third-order valence-corrected chi connectivity index (χ3v) is 4.34. The first-order valence-corrected chi connectivity index (χ1v) is 9.39. The molecule has 2 N–H and O–H groups in total. The van der Waals surface area contributed by atoms with Gasteiger partial charge in [0.1, 0.15) is 5.75 Å². The number of nitrogens with zero attached hydrogens (tertiary/aromatic N) is 1. The molecule has 1 aliphatic heterocycles. The van der Waals surface area contributed by atoms with Gasteiger partial charge in [-0.2, -0.15) is 0 Å².